The van der Waals surface area contributed by atoms with Crippen LogP contribution in [0.5, 0.6) is 5.88 Å². The predicted octanol–water partition coefficient (Wildman–Crippen LogP) is 4.59. The van der Waals surface area contributed by atoms with Gasteiger partial charge in [-0.05, 0) is 56.6 Å². The number of pyridine rings is 1. The van der Waals surface area contributed by atoms with Crippen molar-refractivity contribution in [1.82, 2.24) is 20.5 Å². The van der Waals surface area contributed by atoms with Crippen molar-refractivity contribution < 1.29 is 4.74 Å². The predicted molar refractivity (Wildman–Crippen MR) is 139 cm³/mol. The van der Waals surface area contributed by atoms with Crippen LogP contribution in [0.1, 0.15) is 71.3 Å². The third-order valence-electron chi connectivity index (χ3n) is 6.32. The lowest BCUT2D eigenvalue weighted by Gasteiger charge is -2.36. The van der Waals surface area contributed by atoms with Crippen LogP contribution in [0, 0.1) is 5.92 Å². The SMILES string of the molecule is CN=C(NCc1ccnc(OC(C)CC(C)C)c1)NC1CCN(C2CCCC2)CC1.I. The van der Waals surface area contributed by atoms with Crippen LogP contribution in [0.4, 0.5) is 0 Å². The van der Waals surface area contributed by atoms with Gasteiger partial charge in [0.15, 0.2) is 5.96 Å². The molecule has 1 saturated carbocycles. The van der Waals surface area contributed by atoms with Crippen molar-refractivity contribution >= 4 is 29.9 Å². The third-order valence-corrected chi connectivity index (χ3v) is 6.32. The molecule has 1 atom stereocenters. The summed E-state index contributed by atoms with van der Waals surface area (Å²) in [5.41, 5.74) is 1.15. The van der Waals surface area contributed by atoms with E-state index in [2.05, 4.69) is 46.3 Å². The summed E-state index contributed by atoms with van der Waals surface area (Å²) in [6, 6.07) is 5.40. The standard InChI is InChI=1S/C24H41N5O.HI/c1-18(2)15-19(3)30-23-16-20(9-12-26-23)17-27-24(25-4)28-21-10-13-29(14-11-21)22-7-5-6-8-22;/h9,12,16,18-19,21-22H,5-8,10-11,13-15,17H2,1-4H3,(H2,25,27,28);1H. The average molecular weight is 544 g/mol. The molecule has 176 valence electrons. The Bertz CT molecular complexity index is 670. The van der Waals surface area contributed by atoms with E-state index in [0.29, 0.717) is 24.4 Å². The number of hydrogen-bond acceptors (Lipinski definition) is 4. The first-order chi connectivity index (χ1) is 14.5. The van der Waals surface area contributed by atoms with Gasteiger partial charge in [-0.25, -0.2) is 4.98 Å². The molecule has 0 bridgehead atoms. The molecule has 3 rings (SSSR count). The lowest BCUT2D eigenvalue weighted by molar-refractivity contribution is 0.150. The smallest absolute Gasteiger partial charge is 0.213 e. The van der Waals surface area contributed by atoms with E-state index in [1.54, 1.807) is 0 Å². The number of ether oxygens (including phenoxy) is 1. The van der Waals surface area contributed by atoms with Crippen LogP contribution < -0.4 is 15.4 Å². The highest BCUT2D eigenvalue weighted by Gasteiger charge is 2.27. The number of aliphatic imine (C=N–C) groups is 1. The van der Waals surface area contributed by atoms with Gasteiger partial charge in [0, 0.05) is 51.0 Å². The second kappa shape index (κ2) is 13.5. The highest BCUT2D eigenvalue weighted by atomic mass is 127. The zero-order chi connectivity index (χ0) is 21.3. The molecule has 2 aliphatic rings. The molecule has 0 amide bonds. The molecule has 2 heterocycles. The van der Waals surface area contributed by atoms with Gasteiger partial charge in [0.1, 0.15) is 0 Å². The fourth-order valence-electron chi connectivity index (χ4n) is 4.80. The van der Waals surface area contributed by atoms with Gasteiger partial charge in [-0.1, -0.05) is 26.7 Å². The number of likely N-dealkylation sites (tertiary alicyclic amines) is 1. The Balaban J connectivity index is 0.00000341. The van der Waals surface area contributed by atoms with Crippen LogP contribution in [0.25, 0.3) is 0 Å². The quantitative estimate of drug-likeness (QED) is 0.286. The van der Waals surface area contributed by atoms with Crippen molar-refractivity contribution in [2.45, 2.75) is 90.4 Å². The van der Waals surface area contributed by atoms with Gasteiger partial charge in [0.25, 0.3) is 0 Å². The summed E-state index contributed by atoms with van der Waals surface area (Å²) >= 11 is 0. The molecule has 1 aromatic rings. The topological polar surface area (TPSA) is 61.8 Å². The van der Waals surface area contributed by atoms with Crippen LogP contribution in [0.2, 0.25) is 0 Å². The zero-order valence-corrected chi connectivity index (χ0v) is 22.1. The maximum Gasteiger partial charge on any atom is 0.213 e. The number of halogens is 1. The molecule has 1 unspecified atom stereocenters. The Morgan fingerprint density at radius 3 is 2.55 bits per heavy atom. The lowest BCUT2D eigenvalue weighted by atomic mass is 10.0. The normalized spacial score (nSPS) is 19.8. The maximum atomic E-state index is 5.98. The molecular weight excluding hydrogens is 501 g/mol. The van der Waals surface area contributed by atoms with Gasteiger partial charge in [0.2, 0.25) is 5.88 Å². The van der Waals surface area contributed by atoms with E-state index in [-0.39, 0.29) is 30.1 Å². The van der Waals surface area contributed by atoms with Crippen molar-refractivity contribution in [3.63, 3.8) is 0 Å². The summed E-state index contributed by atoms with van der Waals surface area (Å²) < 4.78 is 5.98. The molecule has 6 nitrogen and oxygen atoms in total. The Kier molecular flexibility index (Phi) is 11.4. The molecule has 31 heavy (non-hydrogen) atoms. The molecule has 2 N–H and O–H groups in total. The summed E-state index contributed by atoms with van der Waals surface area (Å²) in [5.74, 6) is 2.19. The first-order valence-electron chi connectivity index (χ1n) is 11.9. The molecule has 7 heteroatoms. The van der Waals surface area contributed by atoms with Crippen molar-refractivity contribution in [3.05, 3.63) is 23.9 Å². The van der Waals surface area contributed by atoms with Crippen molar-refractivity contribution in [2.24, 2.45) is 10.9 Å². The van der Waals surface area contributed by atoms with Gasteiger partial charge >= 0.3 is 0 Å². The van der Waals surface area contributed by atoms with Crippen LogP contribution in [0.15, 0.2) is 23.3 Å². The molecule has 1 saturated heterocycles. The van der Waals surface area contributed by atoms with Crippen LogP contribution in [-0.4, -0.2) is 54.2 Å². The van der Waals surface area contributed by atoms with E-state index in [0.717, 1.165) is 24.0 Å². The van der Waals surface area contributed by atoms with Crippen molar-refractivity contribution in [3.8, 4) is 5.88 Å². The van der Waals surface area contributed by atoms with Gasteiger partial charge in [-0.2, -0.15) is 0 Å². The monoisotopic (exact) mass is 543 g/mol. The Hall–Kier alpha value is -1.09. The maximum absolute atomic E-state index is 5.98. The minimum Gasteiger partial charge on any atom is -0.475 e. The summed E-state index contributed by atoms with van der Waals surface area (Å²) in [7, 11) is 1.84. The number of nitrogens with zero attached hydrogens (tertiary/aromatic N) is 3. The molecule has 0 radical (unpaired) electrons. The number of aromatic nitrogens is 1. The van der Waals surface area contributed by atoms with E-state index >= 15 is 0 Å². The molecule has 0 spiro atoms. The van der Waals surface area contributed by atoms with E-state index in [1.165, 1.54) is 51.6 Å². The van der Waals surface area contributed by atoms with Crippen LogP contribution in [-0.2, 0) is 6.54 Å². The minimum absolute atomic E-state index is 0. The van der Waals surface area contributed by atoms with Gasteiger partial charge < -0.3 is 20.3 Å². The van der Waals surface area contributed by atoms with Crippen molar-refractivity contribution in [2.75, 3.05) is 20.1 Å². The van der Waals surface area contributed by atoms with Gasteiger partial charge in [0.05, 0.1) is 6.10 Å². The van der Waals surface area contributed by atoms with E-state index in [4.69, 9.17) is 4.74 Å². The summed E-state index contributed by atoms with van der Waals surface area (Å²) in [6.45, 7) is 9.65. The molecular formula is C24H42IN5O. The van der Waals surface area contributed by atoms with E-state index < -0.39 is 0 Å². The Morgan fingerprint density at radius 2 is 1.90 bits per heavy atom. The number of piperidine rings is 1. The third kappa shape index (κ3) is 8.75. The van der Waals surface area contributed by atoms with E-state index in [1.807, 2.05) is 25.4 Å². The fourth-order valence-corrected chi connectivity index (χ4v) is 4.80. The highest BCUT2D eigenvalue weighted by Crippen LogP contribution is 2.26. The number of nitrogens with one attached hydrogen (secondary N) is 2. The lowest BCUT2D eigenvalue weighted by Crippen LogP contribution is -2.50. The van der Waals surface area contributed by atoms with Gasteiger partial charge in [-0.15, -0.1) is 24.0 Å². The molecule has 2 fully saturated rings. The Labute approximate surface area is 206 Å². The zero-order valence-electron chi connectivity index (χ0n) is 19.8. The first kappa shape index (κ1) is 26.2. The largest absolute Gasteiger partial charge is 0.475 e. The summed E-state index contributed by atoms with van der Waals surface area (Å²) in [4.78, 5) is 11.5. The Morgan fingerprint density at radius 1 is 1.19 bits per heavy atom. The molecule has 0 aromatic carbocycles. The number of rotatable bonds is 8. The first-order valence-corrected chi connectivity index (χ1v) is 11.9. The number of guanidine groups is 1. The molecule has 1 aliphatic carbocycles. The van der Waals surface area contributed by atoms with Crippen LogP contribution in [0.3, 0.4) is 0 Å². The summed E-state index contributed by atoms with van der Waals surface area (Å²) in [5, 5.41) is 7.07. The second-order valence-corrected chi connectivity index (χ2v) is 9.38. The van der Waals surface area contributed by atoms with Crippen LogP contribution >= 0.6 is 24.0 Å². The van der Waals surface area contributed by atoms with Crippen molar-refractivity contribution in [1.29, 1.82) is 0 Å². The highest BCUT2D eigenvalue weighted by molar-refractivity contribution is 14.0. The van der Waals surface area contributed by atoms with Gasteiger partial charge in [-0.3, -0.25) is 4.99 Å². The second-order valence-electron chi connectivity index (χ2n) is 9.38. The summed E-state index contributed by atoms with van der Waals surface area (Å²) in [6.07, 6.45) is 11.0. The minimum atomic E-state index is 0. The molecule has 1 aliphatic heterocycles. The fraction of sp³-hybridized carbons (Fsp3) is 0.750. The van der Waals surface area contributed by atoms with E-state index in [9.17, 15) is 0 Å². The number of hydrogen-bond donors (Lipinski definition) is 2. The molecule has 1 aromatic heterocycles. The average Bonchev–Trinajstić information content (AvgIpc) is 3.26.